The summed E-state index contributed by atoms with van der Waals surface area (Å²) >= 11 is 0. The Balaban J connectivity index is 2.25. The summed E-state index contributed by atoms with van der Waals surface area (Å²) in [6, 6.07) is 10.9. The van der Waals surface area contributed by atoms with E-state index in [1.54, 1.807) is 0 Å². The molecule has 0 aliphatic carbocycles. The molecule has 0 atom stereocenters. The minimum Gasteiger partial charge on any atom is -0.294 e. The van der Waals surface area contributed by atoms with Crippen LogP contribution >= 0.6 is 0 Å². The van der Waals surface area contributed by atoms with E-state index in [0.29, 0.717) is 0 Å². The summed E-state index contributed by atoms with van der Waals surface area (Å²) in [7, 11) is 0. The third-order valence-electron chi connectivity index (χ3n) is 4.45. The zero-order chi connectivity index (χ0) is 16.3. The van der Waals surface area contributed by atoms with E-state index in [1.807, 2.05) is 0 Å². The van der Waals surface area contributed by atoms with Gasteiger partial charge >= 0.3 is 0 Å². The molecule has 0 aliphatic rings. The highest BCUT2D eigenvalue weighted by Gasteiger charge is 2.20. The lowest BCUT2D eigenvalue weighted by Gasteiger charge is -2.36. The van der Waals surface area contributed by atoms with Crippen LogP contribution in [-0.4, -0.2) is 17.0 Å². The first-order chi connectivity index (χ1) is 10.5. The van der Waals surface area contributed by atoms with Crippen molar-refractivity contribution in [3.05, 3.63) is 35.9 Å². The minimum absolute atomic E-state index is 0.247. The molecule has 1 nitrogen and oxygen atoms in total. The number of rotatable bonds is 11. The summed E-state index contributed by atoms with van der Waals surface area (Å²) in [5.74, 6) is 0. The van der Waals surface area contributed by atoms with Crippen molar-refractivity contribution in [2.75, 3.05) is 6.54 Å². The lowest BCUT2D eigenvalue weighted by atomic mass is 10.0. The smallest absolute Gasteiger partial charge is 0.0238 e. The van der Waals surface area contributed by atoms with Crippen LogP contribution in [0.15, 0.2) is 30.3 Å². The van der Waals surface area contributed by atoms with Crippen molar-refractivity contribution in [3.63, 3.8) is 0 Å². The maximum Gasteiger partial charge on any atom is 0.0238 e. The zero-order valence-corrected chi connectivity index (χ0v) is 15.4. The van der Waals surface area contributed by atoms with Gasteiger partial charge in [0.1, 0.15) is 0 Å². The number of hydrogen-bond donors (Lipinski definition) is 0. The van der Waals surface area contributed by atoms with Crippen molar-refractivity contribution in [2.45, 2.75) is 91.1 Å². The number of benzene rings is 1. The Hall–Kier alpha value is -0.820. The Morgan fingerprint density at radius 3 is 1.86 bits per heavy atom. The molecule has 22 heavy (non-hydrogen) atoms. The molecule has 1 heteroatoms. The summed E-state index contributed by atoms with van der Waals surface area (Å²) in [4.78, 5) is 2.62. The van der Waals surface area contributed by atoms with Crippen LogP contribution in [0.3, 0.4) is 0 Å². The van der Waals surface area contributed by atoms with E-state index in [2.05, 4.69) is 62.9 Å². The van der Waals surface area contributed by atoms with Crippen LogP contribution in [-0.2, 0) is 6.54 Å². The Kier molecular flexibility index (Phi) is 9.47. The summed E-state index contributed by atoms with van der Waals surface area (Å²) in [5, 5.41) is 0. The average molecular weight is 304 g/mol. The van der Waals surface area contributed by atoms with Crippen LogP contribution in [0.5, 0.6) is 0 Å². The quantitative estimate of drug-likeness (QED) is 0.426. The molecule has 0 spiro atoms. The second-order valence-electron chi connectivity index (χ2n) is 7.55. The summed E-state index contributed by atoms with van der Waals surface area (Å²) in [6.45, 7) is 11.6. The van der Waals surface area contributed by atoms with Gasteiger partial charge in [0.05, 0.1) is 0 Å². The van der Waals surface area contributed by atoms with Crippen molar-refractivity contribution in [2.24, 2.45) is 0 Å². The Morgan fingerprint density at radius 2 is 1.32 bits per heavy atom. The van der Waals surface area contributed by atoms with Gasteiger partial charge in [-0.1, -0.05) is 82.2 Å². The predicted molar refractivity (Wildman–Crippen MR) is 99.2 cm³/mol. The van der Waals surface area contributed by atoms with Crippen LogP contribution in [0, 0.1) is 0 Å². The predicted octanol–water partition coefficient (Wildman–Crippen LogP) is 6.43. The van der Waals surface area contributed by atoms with Gasteiger partial charge < -0.3 is 0 Å². The standard InChI is InChI=1S/C21H37N/c1-5-6-7-8-9-10-11-15-18-22(21(2,3)4)19-20-16-13-12-14-17-20/h12-14,16-17H,5-11,15,18-19H2,1-4H3. The van der Waals surface area contributed by atoms with E-state index >= 15 is 0 Å². The molecule has 0 saturated carbocycles. The highest BCUT2D eigenvalue weighted by Crippen LogP contribution is 2.19. The molecule has 0 radical (unpaired) electrons. The SMILES string of the molecule is CCCCCCCCCCN(Cc1ccccc1)C(C)(C)C. The largest absolute Gasteiger partial charge is 0.294 e. The maximum absolute atomic E-state index is 2.62. The second-order valence-corrected chi connectivity index (χ2v) is 7.55. The molecule has 1 aromatic rings. The van der Waals surface area contributed by atoms with Crippen LogP contribution < -0.4 is 0 Å². The first kappa shape index (κ1) is 19.2. The van der Waals surface area contributed by atoms with Gasteiger partial charge in [-0.3, -0.25) is 4.90 Å². The Bertz CT molecular complexity index is 363. The van der Waals surface area contributed by atoms with Crippen LogP contribution in [0.1, 0.15) is 84.6 Å². The van der Waals surface area contributed by atoms with Crippen molar-refractivity contribution in [1.82, 2.24) is 4.90 Å². The van der Waals surface area contributed by atoms with Gasteiger partial charge in [-0.15, -0.1) is 0 Å². The van der Waals surface area contributed by atoms with Crippen molar-refractivity contribution in [3.8, 4) is 0 Å². The molecular formula is C21H37N. The molecule has 0 fully saturated rings. The molecule has 126 valence electrons. The number of hydrogen-bond acceptors (Lipinski definition) is 1. The summed E-state index contributed by atoms with van der Waals surface area (Å²) < 4.78 is 0. The molecule has 1 aromatic carbocycles. The van der Waals surface area contributed by atoms with Crippen LogP contribution in [0.2, 0.25) is 0 Å². The highest BCUT2D eigenvalue weighted by molar-refractivity contribution is 5.14. The van der Waals surface area contributed by atoms with E-state index < -0.39 is 0 Å². The van der Waals surface area contributed by atoms with Crippen molar-refractivity contribution < 1.29 is 0 Å². The molecule has 1 rings (SSSR count). The third kappa shape index (κ3) is 8.58. The van der Waals surface area contributed by atoms with Gasteiger partial charge in [-0.25, -0.2) is 0 Å². The lowest BCUT2D eigenvalue weighted by Crippen LogP contribution is -2.41. The van der Waals surface area contributed by atoms with E-state index in [4.69, 9.17) is 0 Å². The molecular weight excluding hydrogens is 266 g/mol. The van der Waals surface area contributed by atoms with E-state index in [9.17, 15) is 0 Å². The third-order valence-corrected chi connectivity index (χ3v) is 4.45. The molecule has 0 aliphatic heterocycles. The molecule has 0 aromatic heterocycles. The van der Waals surface area contributed by atoms with Crippen molar-refractivity contribution in [1.29, 1.82) is 0 Å². The minimum atomic E-state index is 0.247. The van der Waals surface area contributed by atoms with Gasteiger partial charge in [0.25, 0.3) is 0 Å². The normalized spacial score (nSPS) is 12.0. The molecule has 0 unspecified atom stereocenters. The Labute approximate surface area is 139 Å². The fourth-order valence-corrected chi connectivity index (χ4v) is 2.89. The zero-order valence-electron chi connectivity index (χ0n) is 15.4. The van der Waals surface area contributed by atoms with E-state index in [-0.39, 0.29) is 5.54 Å². The second kappa shape index (κ2) is 10.8. The van der Waals surface area contributed by atoms with Crippen LogP contribution in [0.25, 0.3) is 0 Å². The lowest BCUT2D eigenvalue weighted by molar-refractivity contribution is 0.124. The van der Waals surface area contributed by atoms with E-state index in [1.165, 1.54) is 63.5 Å². The topological polar surface area (TPSA) is 3.24 Å². The van der Waals surface area contributed by atoms with Gasteiger partial charge in [-0.2, -0.15) is 0 Å². The first-order valence-corrected chi connectivity index (χ1v) is 9.33. The molecule has 0 heterocycles. The fourth-order valence-electron chi connectivity index (χ4n) is 2.89. The van der Waals surface area contributed by atoms with Gasteiger partial charge in [0, 0.05) is 12.1 Å². The Morgan fingerprint density at radius 1 is 0.773 bits per heavy atom. The molecule has 0 bridgehead atoms. The fraction of sp³-hybridized carbons (Fsp3) is 0.714. The van der Waals surface area contributed by atoms with Gasteiger partial charge in [0.2, 0.25) is 0 Å². The highest BCUT2D eigenvalue weighted by atomic mass is 15.2. The molecule has 0 saturated heterocycles. The van der Waals surface area contributed by atoms with Gasteiger partial charge in [0.15, 0.2) is 0 Å². The number of unbranched alkanes of at least 4 members (excludes halogenated alkanes) is 7. The monoisotopic (exact) mass is 303 g/mol. The summed E-state index contributed by atoms with van der Waals surface area (Å²) in [5.41, 5.74) is 1.67. The summed E-state index contributed by atoms with van der Waals surface area (Å²) in [6.07, 6.45) is 11.2. The van der Waals surface area contributed by atoms with Crippen LogP contribution in [0.4, 0.5) is 0 Å². The number of nitrogens with zero attached hydrogens (tertiary/aromatic N) is 1. The maximum atomic E-state index is 2.62. The van der Waals surface area contributed by atoms with Gasteiger partial charge in [-0.05, 0) is 39.3 Å². The molecule has 0 N–H and O–H groups in total. The van der Waals surface area contributed by atoms with Crippen molar-refractivity contribution >= 4 is 0 Å². The first-order valence-electron chi connectivity index (χ1n) is 9.33. The molecule has 0 amide bonds. The average Bonchev–Trinajstić information content (AvgIpc) is 2.49. The van der Waals surface area contributed by atoms with E-state index in [0.717, 1.165) is 6.54 Å².